The Labute approximate surface area is 132 Å². The van der Waals surface area contributed by atoms with E-state index in [1.165, 1.54) is 0 Å². The van der Waals surface area contributed by atoms with Crippen molar-refractivity contribution in [1.29, 1.82) is 5.26 Å². The number of halogens is 1. The van der Waals surface area contributed by atoms with Crippen LogP contribution in [-0.4, -0.2) is 28.4 Å². The maximum atomic E-state index is 12.0. The van der Waals surface area contributed by atoms with Crippen LogP contribution in [0.5, 0.6) is 0 Å². The molecule has 2 rings (SSSR count). The Morgan fingerprint density at radius 2 is 2.40 bits per heavy atom. The normalized spacial score (nSPS) is 19.9. The first kappa shape index (κ1) is 15.6. The van der Waals surface area contributed by atoms with E-state index in [-0.39, 0.29) is 5.91 Å². The van der Waals surface area contributed by atoms with Crippen LogP contribution in [0.1, 0.15) is 18.0 Å². The van der Waals surface area contributed by atoms with Crippen LogP contribution in [0.4, 0.5) is 0 Å². The number of hydrogen-bond acceptors (Lipinski definition) is 4. The zero-order chi connectivity index (χ0) is 14.4. The molecule has 0 saturated carbocycles. The Kier molecular flexibility index (Phi) is 6.08. The maximum absolute atomic E-state index is 12.0. The van der Waals surface area contributed by atoms with Crippen molar-refractivity contribution in [3.63, 3.8) is 0 Å². The number of nitrogens with zero attached hydrogens (tertiary/aromatic N) is 1. The lowest BCUT2D eigenvalue weighted by atomic mass is 10.1. The molecule has 2 atom stereocenters. The minimum absolute atomic E-state index is 0.0727. The summed E-state index contributed by atoms with van der Waals surface area (Å²) >= 11 is 9.63. The summed E-state index contributed by atoms with van der Waals surface area (Å²) in [7, 11) is 0. The SMILES string of the molecule is N#C[C@H](NC(=O)C[C@@H]1CSCCS1)c1cccc(Cl)c1. The molecule has 0 radical (unpaired) electrons. The van der Waals surface area contributed by atoms with E-state index in [0.717, 1.165) is 22.8 Å². The van der Waals surface area contributed by atoms with Crippen LogP contribution < -0.4 is 5.32 Å². The molecule has 1 heterocycles. The predicted molar refractivity (Wildman–Crippen MR) is 86.1 cm³/mol. The second-order valence-electron chi connectivity index (χ2n) is 4.46. The van der Waals surface area contributed by atoms with Crippen LogP contribution in [0.15, 0.2) is 24.3 Å². The third kappa shape index (κ3) is 4.62. The Morgan fingerprint density at radius 1 is 1.55 bits per heavy atom. The number of nitriles is 1. The van der Waals surface area contributed by atoms with Crippen molar-refractivity contribution in [3.8, 4) is 6.07 Å². The van der Waals surface area contributed by atoms with Crippen molar-refractivity contribution in [2.75, 3.05) is 17.3 Å². The molecular formula is C14H15ClN2OS2. The number of amides is 1. The van der Waals surface area contributed by atoms with Crippen LogP contribution in [0.25, 0.3) is 0 Å². The van der Waals surface area contributed by atoms with Crippen LogP contribution in [0, 0.1) is 11.3 Å². The summed E-state index contributed by atoms with van der Waals surface area (Å²) in [5, 5.41) is 12.9. The second kappa shape index (κ2) is 7.82. The molecule has 1 aliphatic heterocycles. The van der Waals surface area contributed by atoms with Gasteiger partial charge in [-0.15, -0.1) is 0 Å². The van der Waals surface area contributed by atoms with E-state index in [0.29, 0.717) is 16.7 Å². The van der Waals surface area contributed by atoms with E-state index in [9.17, 15) is 10.1 Å². The average molecular weight is 327 g/mol. The van der Waals surface area contributed by atoms with Crippen molar-refractivity contribution in [3.05, 3.63) is 34.9 Å². The van der Waals surface area contributed by atoms with E-state index in [4.69, 9.17) is 11.6 Å². The molecule has 0 bridgehead atoms. The molecule has 1 aliphatic rings. The highest BCUT2D eigenvalue weighted by atomic mass is 35.5. The first-order valence-electron chi connectivity index (χ1n) is 6.33. The first-order chi connectivity index (χ1) is 9.69. The zero-order valence-electron chi connectivity index (χ0n) is 10.8. The average Bonchev–Trinajstić information content (AvgIpc) is 2.46. The molecule has 3 nitrogen and oxygen atoms in total. The number of thioether (sulfide) groups is 2. The molecular weight excluding hydrogens is 312 g/mol. The third-order valence-corrected chi connectivity index (χ3v) is 5.99. The number of benzene rings is 1. The van der Waals surface area contributed by atoms with Crippen LogP contribution in [0.3, 0.4) is 0 Å². The van der Waals surface area contributed by atoms with Gasteiger partial charge in [0.25, 0.3) is 0 Å². The lowest BCUT2D eigenvalue weighted by molar-refractivity contribution is -0.121. The predicted octanol–water partition coefficient (Wildman–Crippen LogP) is 3.26. The highest BCUT2D eigenvalue weighted by molar-refractivity contribution is 8.06. The van der Waals surface area contributed by atoms with E-state index >= 15 is 0 Å². The summed E-state index contributed by atoms with van der Waals surface area (Å²) in [5.74, 6) is 3.19. The minimum Gasteiger partial charge on any atom is -0.337 e. The van der Waals surface area contributed by atoms with Gasteiger partial charge >= 0.3 is 0 Å². The molecule has 20 heavy (non-hydrogen) atoms. The molecule has 0 spiro atoms. The second-order valence-corrected chi connectivity index (χ2v) is 7.45. The fourth-order valence-corrected chi connectivity index (χ4v) is 4.84. The number of carbonyl (C=O) groups is 1. The molecule has 1 aromatic rings. The summed E-state index contributed by atoms with van der Waals surface area (Å²) in [6.45, 7) is 0. The number of hydrogen-bond donors (Lipinski definition) is 1. The summed E-state index contributed by atoms with van der Waals surface area (Å²) < 4.78 is 0. The van der Waals surface area contributed by atoms with Gasteiger partial charge in [-0.25, -0.2) is 0 Å². The Balaban J connectivity index is 1.92. The van der Waals surface area contributed by atoms with Gasteiger partial charge in [-0.3, -0.25) is 4.79 Å². The third-order valence-electron chi connectivity index (χ3n) is 2.91. The van der Waals surface area contributed by atoms with Crippen LogP contribution in [-0.2, 0) is 4.79 Å². The van der Waals surface area contributed by atoms with Crippen molar-refractivity contribution < 1.29 is 4.79 Å². The van der Waals surface area contributed by atoms with Gasteiger partial charge in [-0.1, -0.05) is 23.7 Å². The molecule has 1 fully saturated rings. The molecule has 0 aliphatic carbocycles. The van der Waals surface area contributed by atoms with Gasteiger partial charge in [0, 0.05) is 34.0 Å². The number of rotatable bonds is 4. The van der Waals surface area contributed by atoms with Gasteiger partial charge in [0.1, 0.15) is 6.04 Å². The lowest BCUT2D eigenvalue weighted by Crippen LogP contribution is -2.31. The van der Waals surface area contributed by atoms with Crippen molar-refractivity contribution in [1.82, 2.24) is 5.32 Å². The van der Waals surface area contributed by atoms with Crippen molar-refractivity contribution in [2.45, 2.75) is 17.7 Å². The van der Waals surface area contributed by atoms with E-state index in [2.05, 4.69) is 11.4 Å². The van der Waals surface area contributed by atoms with Crippen LogP contribution >= 0.6 is 35.1 Å². The summed E-state index contributed by atoms with van der Waals surface area (Å²) in [6.07, 6.45) is 0.469. The van der Waals surface area contributed by atoms with Crippen molar-refractivity contribution in [2.24, 2.45) is 0 Å². The number of carbonyl (C=O) groups excluding carboxylic acids is 1. The molecule has 106 valence electrons. The monoisotopic (exact) mass is 326 g/mol. The Morgan fingerprint density at radius 3 is 3.05 bits per heavy atom. The molecule has 1 amide bonds. The lowest BCUT2D eigenvalue weighted by Gasteiger charge is -2.21. The summed E-state index contributed by atoms with van der Waals surface area (Å²) in [4.78, 5) is 12.0. The summed E-state index contributed by atoms with van der Waals surface area (Å²) in [5.41, 5.74) is 0.721. The molecule has 0 aromatic heterocycles. The number of nitrogens with one attached hydrogen (secondary N) is 1. The smallest absolute Gasteiger partial charge is 0.222 e. The maximum Gasteiger partial charge on any atom is 0.222 e. The fourth-order valence-electron chi connectivity index (χ4n) is 1.96. The van der Waals surface area contributed by atoms with Gasteiger partial charge in [0.2, 0.25) is 5.91 Å². The highest BCUT2D eigenvalue weighted by Gasteiger charge is 2.20. The van der Waals surface area contributed by atoms with Crippen LogP contribution in [0.2, 0.25) is 5.02 Å². The fraction of sp³-hybridized carbons (Fsp3) is 0.429. The quantitative estimate of drug-likeness (QED) is 0.922. The summed E-state index contributed by atoms with van der Waals surface area (Å²) in [6, 6.07) is 8.51. The Hall–Kier alpha value is -0.830. The van der Waals surface area contributed by atoms with Gasteiger partial charge in [-0.2, -0.15) is 28.8 Å². The van der Waals surface area contributed by atoms with E-state index in [1.54, 1.807) is 24.3 Å². The van der Waals surface area contributed by atoms with Gasteiger partial charge in [-0.05, 0) is 17.7 Å². The molecule has 1 aromatic carbocycles. The topological polar surface area (TPSA) is 52.9 Å². The standard InChI is InChI=1S/C14H15ClN2OS2/c15-11-3-1-2-10(6-11)13(8-16)17-14(18)7-12-9-19-4-5-20-12/h1-3,6,12-13H,4-5,7,9H2,(H,17,18)/t12-,13+/m1/s1. The van der Waals surface area contributed by atoms with E-state index in [1.807, 2.05) is 23.5 Å². The molecule has 1 N–H and O–H groups in total. The van der Waals surface area contributed by atoms with Gasteiger partial charge in [0.15, 0.2) is 0 Å². The largest absolute Gasteiger partial charge is 0.337 e. The molecule has 6 heteroatoms. The Bertz CT molecular complexity index is 512. The molecule has 0 unspecified atom stereocenters. The van der Waals surface area contributed by atoms with Gasteiger partial charge in [0.05, 0.1) is 6.07 Å². The zero-order valence-corrected chi connectivity index (χ0v) is 13.2. The highest BCUT2D eigenvalue weighted by Crippen LogP contribution is 2.26. The molecule has 1 saturated heterocycles. The van der Waals surface area contributed by atoms with Gasteiger partial charge < -0.3 is 5.32 Å². The van der Waals surface area contributed by atoms with E-state index < -0.39 is 6.04 Å². The minimum atomic E-state index is -0.637. The van der Waals surface area contributed by atoms with Crippen molar-refractivity contribution >= 4 is 41.0 Å². The first-order valence-corrected chi connectivity index (χ1v) is 8.91.